The van der Waals surface area contributed by atoms with Gasteiger partial charge >= 0.3 is 5.97 Å². The summed E-state index contributed by atoms with van der Waals surface area (Å²) in [6.07, 6.45) is 4.35. The molecular formula is C21H32O4Si. The van der Waals surface area contributed by atoms with E-state index >= 15 is 0 Å². The van der Waals surface area contributed by atoms with E-state index in [2.05, 4.69) is 45.0 Å². The highest BCUT2D eigenvalue weighted by atomic mass is 28.3. The fourth-order valence-corrected chi connectivity index (χ4v) is 2.84. The average Bonchev–Trinajstić information content (AvgIpc) is 2.55. The second-order valence-corrected chi connectivity index (χ2v) is 12.1. The van der Waals surface area contributed by atoms with Gasteiger partial charge in [-0.1, -0.05) is 46.3 Å². The summed E-state index contributed by atoms with van der Waals surface area (Å²) in [5.74, 6) is 3.27. The van der Waals surface area contributed by atoms with Crippen molar-refractivity contribution >= 4 is 14.0 Å². The summed E-state index contributed by atoms with van der Waals surface area (Å²) in [7, 11) is -1.47. The smallest absolute Gasteiger partial charge is 0.339 e. The SMILES string of the molecule is CCCCOc1cc(OCCCC)c(C(=O)O)cc1CC#C[Si](C)(C)C. The van der Waals surface area contributed by atoms with Gasteiger partial charge in [-0.25, -0.2) is 4.79 Å². The highest BCUT2D eigenvalue weighted by molar-refractivity contribution is 6.83. The Labute approximate surface area is 158 Å². The van der Waals surface area contributed by atoms with Crippen molar-refractivity contribution in [2.45, 2.75) is 65.6 Å². The van der Waals surface area contributed by atoms with Gasteiger partial charge in [0.15, 0.2) is 0 Å². The van der Waals surface area contributed by atoms with Crippen LogP contribution in [0.4, 0.5) is 0 Å². The van der Waals surface area contributed by atoms with Crippen LogP contribution in [0.25, 0.3) is 0 Å². The van der Waals surface area contributed by atoms with Gasteiger partial charge in [0.2, 0.25) is 0 Å². The fourth-order valence-electron chi connectivity index (χ4n) is 2.22. The lowest BCUT2D eigenvalue weighted by molar-refractivity contribution is 0.0692. The van der Waals surface area contributed by atoms with E-state index in [0.29, 0.717) is 31.1 Å². The summed E-state index contributed by atoms with van der Waals surface area (Å²) in [6, 6.07) is 3.38. The van der Waals surface area contributed by atoms with Gasteiger partial charge in [-0.2, -0.15) is 0 Å². The summed E-state index contributed by atoms with van der Waals surface area (Å²) in [6.45, 7) is 11.8. The third-order valence-corrected chi connectivity index (χ3v) is 4.57. The molecule has 0 aromatic heterocycles. The zero-order valence-electron chi connectivity index (χ0n) is 16.8. The minimum absolute atomic E-state index is 0.175. The summed E-state index contributed by atoms with van der Waals surface area (Å²) >= 11 is 0. The Bertz CT molecular complexity index is 650. The summed E-state index contributed by atoms with van der Waals surface area (Å²) in [5.41, 5.74) is 4.31. The van der Waals surface area contributed by atoms with Crippen LogP contribution in [0.5, 0.6) is 11.5 Å². The molecule has 0 unspecified atom stereocenters. The molecule has 1 N–H and O–H groups in total. The second kappa shape index (κ2) is 10.9. The fraction of sp³-hybridized carbons (Fsp3) is 0.571. The number of carboxylic acid groups (broad SMARTS) is 1. The van der Waals surface area contributed by atoms with E-state index in [9.17, 15) is 9.90 Å². The van der Waals surface area contributed by atoms with Gasteiger partial charge in [0.1, 0.15) is 25.1 Å². The number of hydrogen-bond donors (Lipinski definition) is 1. The maximum Gasteiger partial charge on any atom is 0.339 e. The van der Waals surface area contributed by atoms with Crippen LogP contribution in [-0.4, -0.2) is 32.4 Å². The molecule has 144 valence electrons. The molecule has 4 nitrogen and oxygen atoms in total. The third-order valence-electron chi connectivity index (χ3n) is 3.65. The van der Waals surface area contributed by atoms with Crippen LogP contribution in [0.3, 0.4) is 0 Å². The van der Waals surface area contributed by atoms with Crippen molar-refractivity contribution in [3.63, 3.8) is 0 Å². The first-order chi connectivity index (χ1) is 12.3. The molecular weight excluding hydrogens is 344 g/mol. The van der Waals surface area contributed by atoms with Crippen LogP contribution < -0.4 is 9.47 Å². The molecule has 0 saturated heterocycles. The van der Waals surface area contributed by atoms with Crippen molar-refractivity contribution in [1.29, 1.82) is 0 Å². The number of carbonyl (C=O) groups is 1. The quantitative estimate of drug-likeness (QED) is 0.348. The van der Waals surface area contributed by atoms with Crippen LogP contribution in [0.2, 0.25) is 19.6 Å². The molecule has 0 aliphatic carbocycles. The number of ether oxygens (including phenoxy) is 2. The Balaban J connectivity index is 3.18. The largest absolute Gasteiger partial charge is 0.493 e. The number of benzene rings is 1. The third kappa shape index (κ3) is 7.96. The molecule has 0 spiro atoms. The topological polar surface area (TPSA) is 55.8 Å². The molecule has 0 fully saturated rings. The van der Waals surface area contributed by atoms with E-state index in [-0.39, 0.29) is 5.56 Å². The molecule has 5 heteroatoms. The van der Waals surface area contributed by atoms with Crippen molar-refractivity contribution in [3.8, 4) is 23.0 Å². The Morgan fingerprint density at radius 1 is 1.04 bits per heavy atom. The van der Waals surface area contributed by atoms with E-state index in [1.807, 2.05) is 0 Å². The molecule has 0 radical (unpaired) electrons. The van der Waals surface area contributed by atoms with E-state index in [1.54, 1.807) is 12.1 Å². The molecule has 1 aromatic rings. The van der Waals surface area contributed by atoms with Gasteiger partial charge in [-0.15, -0.1) is 11.5 Å². The van der Waals surface area contributed by atoms with E-state index < -0.39 is 14.0 Å². The van der Waals surface area contributed by atoms with Gasteiger partial charge < -0.3 is 14.6 Å². The number of hydrogen-bond acceptors (Lipinski definition) is 3. The van der Waals surface area contributed by atoms with Crippen LogP contribution in [0, 0.1) is 11.5 Å². The second-order valence-electron chi connectivity index (χ2n) is 7.39. The lowest BCUT2D eigenvalue weighted by Crippen LogP contribution is -2.16. The maximum absolute atomic E-state index is 11.7. The summed E-state index contributed by atoms with van der Waals surface area (Å²) < 4.78 is 11.6. The van der Waals surface area contributed by atoms with E-state index in [0.717, 1.165) is 31.2 Å². The Morgan fingerprint density at radius 3 is 2.12 bits per heavy atom. The van der Waals surface area contributed by atoms with Crippen LogP contribution in [0.1, 0.15) is 55.5 Å². The van der Waals surface area contributed by atoms with Crippen LogP contribution >= 0.6 is 0 Å². The minimum Gasteiger partial charge on any atom is -0.493 e. The minimum atomic E-state index is -1.47. The Hall–Kier alpha value is -1.93. The average molecular weight is 377 g/mol. The molecule has 1 aromatic carbocycles. The maximum atomic E-state index is 11.7. The molecule has 0 heterocycles. The molecule has 0 saturated carbocycles. The van der Waals surface area contributed by atoms with Crippen molar-refractivity contribution in [3.05, 3.63) is 23.3 Å². The predicted molar refractivity (Wildman–Crippen MR) is 109 cm³/mol. The van der Waals surface area contributed by atoms with Crippen LogP contribution in [-0.2, 0) is 6.42 Å². The standard InChI is InChI=1S/C21H32O4Si/c1-6-8-12-24-19-16-20(25-13-9-7-2)18(21(22)23)15-17(19)11-10-14-26(3,4)5/h15-16H,6-9,11-13H2,1-5H3,(H,22,23). The Kier molecular flexibility index (Phi) is 9.29. The molecule has 1 rings (SSSR count). The molecule has 0 amide bonds. The lowest BCUT2D eigenvalue weighted by Gasteiger charge is -2.15. The van der Waals surface area contributed by atoms with Gasteiger partial charge in [0.05, 0.1) is 13.2 Å². The highest BCUT2D eigenvalue weighted by Gasteiger charge is 2.17. The first-order valence-corrected chi connectivity index (χ1v) is 12.9. The van der Waals surface area contributed by atoms with E-state index in [1.165, 1.54) is 0 Å². The zero-order chi connectivity index (χ0) is 19.6. The number of unbranched alkanes of at least 4 members (excludes halogenated alkanes) is 2. The van der Waals surface area contributed by atoms with Crippen molar-refractivity contribution in [1.82, 2.24) is 0 Å². The normalized spacial score (nSPS) is 10.8. The summed E-state index contributed by atoms with van der Waals surface area (Å²) in [5, 5.41) is 9.56. The zero-order valence-corrected chi connectivity index (χ0v) is 17.8. The van der Waals surface area contributed by atoms with E-state index in [4.69, 9.17) is 9.47 Å². The Morgan fingerprint density at radius 2 is 1.62 bits per heavy atom. The van der Waals surface area contributed by atoms with Gasteiger partial charge in [-0.3, -0.25) is 0 Å². The van der Waals surface area contributed by atoms with Gasteiger partial charge in [-0.05, 0) is 18.9 Å². The number of carboxylic acids is 1. The van der Waals surface area contributed by atoms with Gasteiger partial charge in [0.25, 0.3) is 0 Å². The van der Waals surface area contributed by atoms with Crippen molar-refractivity contribution in [2.75, 3.05) is 13.2 Å². The number of rotatable bonds is 10. The first kappa shape index (κ1) is 22.1. The molecule has 26 heavy (non-hydrogen) atoms. The van der Waals surface area contributed by atoms with Crippen molar-refractivity contribution in [2.24, 2.45) is 0 Å². The van der Waals surface area contributed by atoms with Gasteiger partial charge in [0, 0.05) is 18.1 Å². The first-order valence-electron chi connectivity index (χ1n) is 9.44. The molecule has 0 bridgehead atoms. The highest BCUT2D eigenvalue weighted by Crippen LogP contribution is 2.30. The molecule has 0 atom stereocenters. The van der Waals surface area contributed by atoms with Crippen LogP contribution in [0.15, 0.2) is 12.1 Å². The summed E-state index contributed by atoms with van der Waals surface area (Å²) in [4.78, 5) is 11.7. The monoisotopic (exact) mass is 376 g/mol. The molecule has 0 aliphatic heterocycles. The number of aromatic carboxylic acids is 1. The molecule has 0 aliphatic rings. The predicted octanol–water partition coefficient (Wildman–Crippen LogP) is 5.17. The van der Waals surface area contributed by atoms with Crippen molar-refractivity contribution < 1.29 is 19.4 Å². The lowest BCUT2D eigenvalue weighted by atomic mass is 10.1.